The SMILES string of the molecule is CCC(N)(CC)C(=O)N(C)CC1(N(C)C)CCC1. The lowest BCUT2D eigenvalue weighted by Gasteiger charge is -2.50. The molecule has 1 aliphatic rings. The average Bonchev–Trinajstić information content (AvgIpc) is 2.30. The number of carbonyl (C=O) groups excluding carboxylic acids is 1. The minimum absolute atomic E-state index is 0.0839. The molecule has 0 aromatic heterocycles. The fourth-order valence-electron chi connectivity index (χ4n) is 2.78. The van der Waals surface area contributed by atoms with Gasteiger partial charge in [-0.05, 0) is 46.2 Å². The quantitative estimate of drug-likeness (QED) is 0.781. The Bertz CT molecular complexity index is 293. The number of nitrogens with two attached hydrogens (primary N) is 1. The Morgan fingerprint density at radius 3 is 2.00 bits per heavy atom. The number of amides is 1. The van der Waals surface area contributed by atoms with Crippen LogP contribution in [0.15, 0.2) is 0 Å². The molecular weight excluding hydrogens is 226 g/mol. The molecule has 1 saturated carbocycles. The van der Waals surface area contributed by atoms with E-state index in [0.29, 0.717) is 12.8 Å². The van der Waals surface area contributed by atoms with Crippen LogP contribution in [0.3, 0.4) is 0 Å². The Morgan fingerprint density at radius 2 is 1.72 bits per heavy atom. The van der Waals surface area contributed by atoms with Crippen LogP contribution < -0.4 is 5.73 Å². The highest BCUT2D eigenvalue weighted by Gasteiger charge is 2.42. The van der Waals surface area contributed by atoms with E-state index in [2.05, 4.69) is 19.0 Å². The molecule has 0 aliphatic heterocycles. The van der Waals surface area contributed by atoms with Gasteiger partial charge in [-0.25, -0.2) is 0 Å². The van der Waals surface area contributed by atoms with Gasteiger partial charge in [-0.2, -0.15) is 0 Å². The van der Waals surface area contributed by atoms with Crippen LogP contribution in [0.4, 0.5) is 0 Å². The van der Waals surface area contributed by atoms with Crippen LogP contribution in [0.5, 0.6) is 0 Å². The summed E-state index contributed by atoms with van der Waals surface area (Å²) in [5.74, 6) is 0.0839. The molecule has 0 atom stereocenters. The molecule has 4 heteroatoms. The summed E-state index contributed by atoms with van der Waals surface area (Å²) in [5, 5.41) is 0. The predicted octanol–water partition coefficient (Wildman–Crippen LogP) is 1.45. The van der Waals surface area contributed by atoms with E-state index in [1.807, 2.05) is 25.8 Å². The fraction of sp³-hybridized carbons (Fsp3) is 0.929. The molecule has 0 aromatic carbocycles. The molecule has 18 heavy (non-hydrogen) atoms. The lowest BCUT2D eigenvalue weighted by molar-refractivity contribution is -0.138. The highest BCUT2D eigenvalue weighted by molar-refractivity contribution is 5.85. The van der Waals surface area contributed by atoms with Crippen LogP contribution in [0, 0.1) is 0 Å². The molecule has 0 heterocycles. The zero-order valence-corrected chi connectivity index (χ0v) is 12.6. The molecule has 1 rings (SSSR count). The molecule has 1 amide bonds. The van der Waals surface area contributed by atoms with Crippen molar-refractivity contribution in [3.63, 3.8) is 0 Å². The first-order chi connectivity index (χ1) is 8.31. The highest BCUT2D eigenvalue weighted by atomic mass is 16.2. The molecule has 0 saturated heterocycles. The van der Waals surface area contributed by atoms with Crippen molar-refractivity contribution in [2.24, 2.45) is 5.73 Å². The number of likely N-dealkylation sites (N-methyl/N-ethyl adjacent to an activating group) is 2. The monoisotopic (exact) mass is 255 g/mol. The summed E-state index contributed by atoms with van der Waals surface area (Å²) in [6.45, 7) is 4.76. The Balaban J connectivity index is 2.70. The third-order valence-electron chi connectivity index (χ3n) is 4.80. The highest BCUT2D eigenvalue weighted by Crippen LogP contribution is 2.37. The zero-order chi connectivity index (χ0) is 14.0. The van der Waals surface area contributed by atoms with Crippen LogP contribution in [0.2, 0.25) is 0 Å². The number of rotatable bonds is 6. The van der Waals surface area contributed by atoms with E-state index in [1.165, 1.54) is 19.3 Å². The van der Waals surface area contributed by atoms with Gasteiger partial charge in [0.05, 0.1) is 5.54 Å². The molecule has 2 N–H and O–H groups in total. The van der Waals surface area contributed by atoms with E-state index in [1.54, 1.807) is 0 Å². The Kier molecular flexibility index (Phi) is 4.78. The second-order valence-corrected chi connectivity index (χ2v) is 6.00. The molecule has 0 spiro atoms. The third kappa shape index (κ3) is 2.69. The smallest absolute Gasteiger partial charge is 0.242 e. The van der Waals surface area contributed by atoms with Gasteiger partial charge in [0.1, 0.15) is 0 Å². The van der Waals surface area contributed by atoms with Crippen molar-refractivity contribution >= 4 is 5.91 Å². The van der Waals surface area contributed by atoms with Gasteiger partial charge in [0.2, 0.25) is 5.91 Å². The Morgan fingerprint density at radius 1 is 1.22 bits per heavy atom. The summed E-state index contributed by atoms with van der Waals surface area (Å²) in [4.78, 5) is 16.5. The molecule has 0 aromatic rings. The summed E-state index contributed by atoms with van der Waals surface area (Å²) >= 11 is 0. The van der Waals surface area contributed by atoms with Crippen molar-refractivity contribution in [1.29, 1.82) is 0 Å². The van der Waals surface area contributed by atoms with E-state index in [0.717, 1.165) is 6.54 Å². The molecule has 4 nitrogen and oxygen atoms in total. The van der Waals surface area contributed by atoms with Gasteiger partial charge in [0.25, 0.3) is 0 Å². The lowest BCUT2D eigenvalue weighted by atomic mass is 9.75. The van der Waals surface area contributed by atoms with Crippen LogP contribution >= 0.6 is 0 Å². The summed E-state index contributed by atoms with van der Waals surface area (Å²) in [6, 6.07) is 0. The normalized spacial score (nSPS) is 18.6. The van der Waals surface area contributed by atoms with Crippen molar-refractivity contribution in [3.05, 3.63) is 0 Å². The number of hydrogen-bond donors (Lipinski definition) is 1. The van der Waals surface area contributed by atoms with Gasteiger partial charge in [-0.3, -0.25) is 4.79 Å². The number of hydrogen-bond acceptors (Lipinski definition) is 3. The summed E-state index contributed by atoms with van der Waals surface area (Å²) < 4.78 is 0. The van der Waals surface area contributed by atoms with Crippen LogP contribution in [-0.2, 0) is 4.79 Å². The molecular formula is C14H29N3O. The topological polar surface area (TPSA) is 49.6 Å². The van der Waals surface area contributed by atoms with Crippen molar-refractivity contribution < 1.29 is 4.79 Å². The Labute approximate surface area is 111 Å². The van der Waals surface area contributed by atoms with Crippen molar-refractivity contribution in [2.75, 3.05) is 27.7 Å². The van der Waals surface area contributed by atoms with E-state index < -0.39 is 5.54 Å². The second-order valence-electron chi connectivity index (χ2n) is 6.00. The number of carbonyl (C=O) groups is 1. The molecule has 0 radical (unpaired) electrons. The summed E-state index contributed by atoms with van der Waals surface area (Å²) in [7, 11) is 6.10. The van der Waals surface area contributed by atoms with Gasteiger partial charge in [-0.1, -0.05) is 13.8 Å². The van der Waals surface area contributed by atoms with Gasteiger partial charge in [0.15, 0.2) is 0 Å². The standard InChI is InChI=1S/C14H29N3O/c1-6-14(15,7-2)12(18)17(5)11-13(16(3)4)9-8-10-13/h6-11,15H2,1-5H3. The molecule has 1 fully saturated rings. The van der Waals surface area contributed by atoms with Crippen molar-refractivity contribution in [3.8, 4) is 0 Å². The van der Waals surface area contributed by atoms with Crippen LogP contribution in [0.25, 0.3) is 0 Å². The minimum Gasteiger partial charge on any atom is -0.342 e. The maximum absolute atomic E-state index is 12.4. The zero-order valence-electron chi connectivity index (χ0n) is 12.6. The van der Waals surface area contributed by atoms with Gasteiger partial charge in [0, 0.05) is 19.1 Å². The second kappa shape index (κ2) is 5.57. The molecule has 0 bridgehead atoms. The lowest BCUT2D eigenvalue weighted by Crippen LogP contribution is -2.61. The summed E-state index contributed by atoms with van der Waals surface area (Å²) in [5.41, 5.74) is 5.68. The van der Waals surface area contributed by atoms with Crippen LogP contribution in [-0.4, -0.2) is 54.5 Å². The molecule has 1 aliphatic carbocycles. The first kappa shape index (κ1) is 15.4. The predicted molar refractivity (Wildman–Crippen MR) is 75.4 cm³/mol. The van der Waals surface area contributed by atoms with Crippen molar-refractivity contribution in [1.82, 2.24) is 9.80 Å². The fourth-order valence-corrected chi connectivity index (χ4v) is 2.78. The first-order valence-electron chi connectivity index (χ1n) is 7.03. The average molecular weight is 255 g/mol. The van der Waals surface area contributed by atoms with E-state index in [9.17, 15) is 4.79 Å². The minimum atomic E-state index is -0.688. The Hall–Kier alpha value is -0.610. The van der Waals surface area contributed by atoms with Gasteiger partial charge >= 0.3 is 0 Å². The largest absolute Gasteiger partial charge is 0.342 e. The van der Waals surface area contributed by atoms with Gasteiger partial charge < -0.3 is 15.5 Å². The van der Waals surface area contributed by atoms with Crippen molar-refractivity contribution in [2.45, 2.75) is 57.0 Å². The van der Waals surface area contributed by atoms with E-state index >= 15 is 0 Å². The summed E-state index contributed by atoms with van der Waals surface area (Å²) in [6.07, 6.45) is 5.00. The third-order valence-corrected chi connectivity index (χ3v) is 4.80. The first-order valence-corrected chi connectivity index (χ1v) is 7.03. The molecule has 106 valence electrons. The maximum Gasteiger partial charge on any atom is 0.242 e. The maximum atomic E-state index is 12.4. The number of nitrogens with zero attached hydrogens (tertiary/aromatic N) is 2. The van der Waals surface area contributed by atoms with E-state index in [4.69, 9.17) is 5.73 Å². The van der Waals surface area contributed by atoms with E-state index in [-0.39, 0.29) is 11.4 Å². The van der Waals surface area contributed by atoms with Gasteiger partial charge in [-0.15, -0.1) is 0 Å². The molecule has 0 unspecified atom stereocenters. The van der Waals surface area contributed by atoms with Crippen LogP contribution in [0.1, 0.15) is 46.0 Å².